The van der Waals surface area contributed by atoms with E-state index in [2.05, 4.69) is 21.6 Å². The Labute approximate surface area is 230 Å². The van der Waals surface area contributed by atoms with E-state index < -0.39 is 23.2 Å². The topological polar surface area (TPSA) is 64.7 Å². The van der Waals surface area contributed by atoms with Gasteiger partial charge in [0.1, 0.15) is 0 Å². The van der Waals surface area contributed by atoms with Crippen LogP contribution < -0.4 is 10.6 Å². The summed E-state index contributed by atoms with van der Waals surface area (Å²) in [4.78, 5) is 27.4. The summed E-state index contributed by atoms with van der Waals surface area (Å²) in [5, 5.41) is 7.02. The number of nitrogens with one attached hydrogen (secondary N) is 2. The van der Waals surface area contributed by atoms with Gasteiger partial charge in [-0.2, -0.15) is 13.2 Å². The zero-order valence-electron chi connectivity index (χ0n) is 21.3. The Bertz CT molecular complexity index is 1200. The quantitative estimate of drug-likeness (QED) is 0.515. The van der Waals surface area contributed by atoms with Crippen LogP contribution in [-0.4, -0.2) is 68.1 Å². The lowest BCUT2D eigenvalue weighted by Gasteiger charge is -2.46. The molecule has 2 aliphatic rings. The van der Waals surface area contributed by atoms with Crippen molar-refractivity contribution < 1.29 is 22.8 Å². The zero-order valence-corrected chi connectivity index (χ0v) is 22.8. The number of carbonyl (C=O) groups is 2. The number of hydrogen-bond acceptors (Lipinski definition) is 4. The fourth-order valence-corrected chi connectivity index (χ4v) is 6.04. The van der Waals surface area contributed by atoms with Gasteiger partial charge in [0.05, 0.1) is 27.5 Å². The van der Waals surface area contributed by atoms with E-state index in [0.29, 0.717) is 48.0 Å². The Morgan fingerprint density at radius 2 is 1.82 bits per heavy atom. The molecule has 0 aromatic heterocycles. The second kappa shape index (κ2) is 11.0. The van der Waals surface area contributed by atoms with Crippen LogP contribution >= 0.6 is 23.2 Å². The average Bonchev–Trinajstić information content (AvgIpc) is 2.88. The lowest BCUT2D eigenvalue weighted by Crippen LogP contribution is -2.57. The van der Waals surface area contributed by atoms with Gasteiger partial charge in [0.2, 0.25) is 5.91 Å². The molecule has 1 saturated heterocycles. The van der Waals surface area contributed by atoms with E-state index in [1.54, 1.807) is 25.2 Å². The van der Waals surface area contributed by atoms with E-state index in [1.807, 2.05) is 18.2 Å². The number of amides is 2. The number of carbonyl (C=O) groups excluding carboxylic acids is 2. The number of benzene rings is 2. The van der Waals surface area contributed by atoms with Crippen molar-refractivity contribution >= 4 is 35.0 Å². The van der Waals surface area contributed by atoms with Crippen LogP contribution in [0.15, 0.2) is 42.5 Å². The first-order valence-corrected chi connectivity index (χ1v) is 13.2. The molecule has 1 atom stereocenters. The zero-order chi connectivity index (χ0) is 27.7. The number of fused-ring (bicyclic) bond motifs is 2. The number of halogens is 5. The van der Waals surface area contributed by atoms with E-state index in [-0.39, 0.29) is 17.5 Å². The number of nitrogens with zero attached hydrogens (tertiary/aromatic N) is 2. The summed E-state index contributed by atoms with van der Waals surface area (Å²) in [6, 6.07) is 13.0. The minimum Gasteiger partial charge on any atom is -0.346 e. The number of likely N-dealkylation sites (N-methyl/N-ethyl adjacent to an activating group) is 2. The molecule has 2 N–H and O–H groups in total. The fraction of sp³-hybridized carbons (Fsp3) is 0.481. The maximum absolute atomic E-state index is 13.2. The molecule has 1 spiro atoms. The first-order chi connectivity index (χ1) is 17.9. The van der Waals surface area contributed by atoms with Crippen LogP contribution in [0.5, 0.6) is 0 Å². The van der Waals surface area contributed by atoms with Crippen molar-refractivity contribution in [3.63, 3.8) is 0 Å². The van der Waals surface area contributed by atoms with E-state index in [0.717, 1.165) is 31.0 Å². The van der Waals surface area contributed by atoms with E-state index in [1.165, 1.54) is 0 Å². The van der Waals surface area contributed by atoms with Crippen molar-refractivity contribution in [2.45, 2.75) is 42.9 Å². The molecule has 2 heterocycles. The van der Waals surface area contributed by atoms with Crippen LogP contribution in [0.3, 0.4) is 0 Å². The first kappa shape index (κ1) is 28.7. The molecule has 2 amide bonds. The van der Waals surface area contributed by atoms with Gasteiger partial charge in [0, 0.05) is 33.2 Å². The number of hydrogen-bond donors (Lipinski definition) is 2. The van der Waals surface area contributed by atoms with Crippen molar-refractivity contribution in [1.82, 2.24) is 20.4 Å². The standard InChI is InChI=1S/C27H31Cl2F3N4O2/c1-33-26(17-35(2)24(38)27(30,31)32,19-7-8-21(28)22(29)16-19)11-14-36-12-9-25(10-13-36)20-6-4-3-5-18(20)15-23(37)34-25/h3-8,16,33H,9-15,17H2,1-2H3,(H,34,37)/t26-/m1/s1. The minimum atomic E-state index is -4.98. The molecule has 0 aliphatic carbocycles. The maximum atomic E-state index is 13.2. The van der Waals surface area contributed by atoms with Crippen LogP contribution in [0, 0.1) is 0 Å². The summed E-state index contributed by atoms with van der Waals surface area (Å²) in [6.45, 7) is 1.74. The average molecular weight is 571 g/mol. The van der Waals surface area contributed by atoms with E-state index in [9.17, 15) is 22.8 Å². The molecule has 4 rings (SSSR count). The Kier molecular flexibility index (Phi) is 8.33. The molecule has 0 bridgehead atoms. The molecule has 0 unspecified atom stereocenters. The molecule has 38 heavy (non-hydrogen) atoms. The van der Waals surface area contributed by atoms with Crippen LogP contribution in [-0.2, 0) is 27.1 Å². The Balaban J connectivity index is 1.53. The summed E-state index contributed by atoms with van der Waals surface area (Å²) in [6.07, 6.45) is -2.75. The van der Waals surface area contributed by atoms with Crippen LogP contribution in [0.1, 0.15) is 36.0 Å². The summed E-state index contributed by atoms with van der Waals surface area (Å²) >= 11 is 12.4. The van der Waals surface area contributed by atoms with Crippen LogP contribution in [0.25, 0.3) is 0 Å². The van der Waals surface area contributed by atoms with Gasteiger partial charge in [-0.15, -0.1) is 0 Å². The number of alkyl halides is 3. The Morgan fingerprint density at radius 3 is 2.45 bits per heavy atom. The monoisotopic (exact) mass is 570 g/mol. The summed E-state index contributed by atoms with van der Waals surface area (Å²) in [7, 11) is 2.81. The summed E-state index contributed by atoms with van der Waals surface area (Å²) in [5.74, 6) is -1.90. The number of rotatable bonds is 7. The van der Waals surface area contributed by atoms with Gasteiger partial charge < -0.3 is 20.4 Å². The van der Waals surface area contributed by atoms with Crippen LogP contribution in [0.4, 0.5) is 13.2 Å². The highest BCUT2D eigenvalue weighted by atomic mass is 35.5. The molecule has 1 fully saturated rings. The highest BCUT2D eigenvalue weighted by Crippen LogP contribution is 2.39. The third-order valence-electron chi connectivity index (χ3n) is 7.87. The fourth-order valence-electron chi connectivity index (χ4n) is 5.74. The van der Waals surface area contributed by atoms with Crippen LogP contribution in [0.2, 0.25) is 10.0 Å². The molecule has 206 valence electrons. The van der Waals surface area contributed by atoms with Crippen molar-refractivity contribution in [3.8, 4) is 0 Å². The van der Waals surface area contributed by atoms with Crippen molar-refractivity contribution in [3.05, 3.63) is 69.2 Å². The highest BCUT2D eigenvalue weighted by molar-refractivity contribution is 6.42. The van der Waals surface area contributed by atoms with Gasteiger partial charge in [-0.25, -0.2) is 0 Å². The molecule has 2 aliphatic heterocycles. The Hall–Kier alpha value is -2.33. The summed E-state index contributed by atoms with van der Waals surface area (Å²) in [5.41, 5.74) is 1.43. The molecule has 2 aromatic carbocycles. The maximum Gasteiger partial charge on any atom is 0.471 e. The lowest BCUT2D eigenvalue weighted by atomic mass is 9.75. The predicted molar refractivity (Wildman–Crippen MR) is 141 cm³/mol. The first-order valence-electron chi connectivity index (χ1n) is 12.5. The van der Waals surface area contributed by atoms with Gasteiger partial charge in [-0.3, -0.25) is 9.59 Å². The molecular formula is C27H31Cl2F3N4O2. The smallest absolute Gasteiger partial charge is 0.346 e. The second-order valence-electron chi connectivity index (χ2n) is 10.2. The van der Waals surface area contributed by atoms with Crippen molar-refractivity contribution in [1.29, 1.82) is 0 Å². The normalized spacial score (nSPS) is 19.0. The van der Waals surface area contributed by atoms with E-state index in [4.69, 9.17) is 23.2 Å². The molecule has 2 aromatic rings. The van der Waals surface area contributed by atoms with E-state index >= 15 is 0 Å². The minimum absolute atomic E-state index is 0.0170. The largest absolute Gasteiger partial charge is 0.471 e. The predicted octanol–water partition coefficient (Wildman–Crippen LogP) is 4.48. The Morgan fingerprint density at radius 1 is 1.13 bits per heavy atom. The summed E-state index contributed by atoms with van der Waals surface area (Å²) < 4.78 is 39.6. The molecule has 0 radical (unpaired) electrons. The van der Waals surface area contributed by atoms with Gasteiger partial charge in [0.25, 0.3) is 0 Å². The van der Waals surface area contributed by atoms with Gasteiger partial charge in [0.15, 0.2) is 0 Å². The molecule has 11 heteroatoms. The van der Waals surface area contributed by atoms with Gasteiger partial charge in [-0.05, 0) is 55.1 Å². The molecule has 0 saturated carbocycles. The van der Waals surface area contributed by atoms with Gasteiger partial charge in [-0.1, -0.05) is 53.5 Å². The van der Waals surface area contributed by atoms with Crippen molar-refractivity contribution in [2.75, 3.05) is 40.3 Å². The highest BCUT2D eigenvalue weighted by Gasteiger charge is 2.45. The third kappa shape index (κ3) is 5.81. The lowest BCUT2D eigenvalue weighted by molar-refractivity contribution is -0.185. The number of likely N-dealkylation sites (tertiary alicyclic amines) is 1. The molecule has 6 nitrogen and oxygen atoms in total. The van der Waals surface area contributed by atoms with Gasteiger partial charge >= 0.3 is 12.1 Å². The van der Waals surface area contributed by atoms with Crippen molar-refractivity contribution in [2.24, 2.45) is 0 Å². The third-order valence-corrected chi connectivity index (χ3v) is 8.61. The number of piperidine rings is 1. The second-order valence-corrected chi connectivity index (χ2v) is 11.0. The SMILES string of the molecule is CN[C@](CCN1CCC2(CC1)NC(=O)Cc1ccccc12)(CN(C)C(=O)C(F)(F)F)c1ccc(Cl)c(Cl)c1. The molecular weight excluding hydrogens is 540 g/mol.